The second-order valence-corrected chi connectivity index (χ2v) is 4.86. The Balaban J connectivity index is 2.40. The summed E-state index contributed by atoms with van der Waals surface area (Å²) in [4.78, 5) is 11.0. The molecule has 1 unspecified atom stereocenters. The summed E-state index contributed by atoms with van der Waals surface area (Å²) in [6.07, 6.45) is 0. The first kappa shape index (κ1) is 13.7. The highest BCUT2D eigenvalue weighted by atomic mass is 79.9. The predicted octanol–water partition coefficient (Wildman–Crippen LogP) is 4.45. The van der Waals surface area contributed by atoms with Crippen LogP contribution < -0.4 is 4.74 Å². The monoisotopic (exact) mass is 323 g/mol. The summed E-state index contributed by atoms with van der Waals surface area (Å²) in [5.74, 6) is 0.208. The van der Waals surface area contributed by atoms with Gasteiger partial charge in [-0.25, -0.2) is 4.39 Å². The average Bonchev–Trinajstić information content (AvgIpc) is 2.42. The van der Waals surface area contributed by atoms with Gasteiger partial charge < -0.3 is 4.74 Å². The van der Waals surface area contributed by atoms with Crippen LogP contribution in [0, 0.1) is 10.7 Å². The van der Waals surface area contributed by atoms with Crippen molar-refractivity contribution in [1.82, 2.24) is 0 Å². The Morgan fingerprint density at radius 3 is 2.42 bits per heavy atom. The van der Waals surface area contributed by atoms with E-state index < -0.39 is 11.9 Å². The fourth-order valence-electron chi connectivity index (χ4n) is 1.81. The molecular formula is C14H11BrFNO2. The molecule has 0 aliphatic rings. The molecule has 5 heteroatoms. The van der Waals surface area contributed by atoms with Gasteiger partial charge in [-0.3, -0.25) is 0 Å². The SMILES string of the molecule is COc1ccc(C(N=O)c2ccc(Br)cc2F)cc1. The molecule has 0 radical (unpaired) electrons. The van der Waals surface area contributed by atoms with Gasteiger partial charge in [0, 0.05) is 10.0 Å². The van der Waals surface area contributed by atoms with E-state index in [1.165, 1.54) is 6.07 Å². The number of rotatable bonds is 4. The van der Waals surface area contributed by atoms with E-state index in [0.717, 1.165) is 0 Å². The molecular weight excluding hydrogens is 313 g/mol. The summed E-state index contributed by atoms with van der Waals surface area (Å²) in [7, 11) is 1.55. The third kappa shape index (κ3) is 2.98. The van der Waals surface area contributed by atoms with Gasteiger partial charge in [0.2, 0.25) is 0 Å². The van der Waals surface area contributed by atoms with E-state index in [1.807, 2.05) is 0 Å². The van der Waals surface area contributed by atoms with Gasteiger partial charge in [0.15, 0.2) is 0 Å². The van der Waals surface area contributed by atoms with Crippen LogP contribution in [0.1, 0.15) is 17.2 Å². The first-order chi connectivity index (χ1) is 9.15. The first-order valence-corrected chi connectivity index (χ1v) is 6.36. The molecule has 1 atom stereocenters. The van der Waals surface area contributed by atoms with Gasteiger partial charge in [0.1, 0.15) is 17.6 Å². The Labute approximate surface area is 118 Å². The smallest absolute Gasteiger partial charge is 0.145 e. The molecule has 19 heavy (non-hydrogen) atoms. The van der Waals surface area contributed by atoms with Crippen molar-refractivity contribution in [3.05, 3.63) is 68.8 Å². The topological polar surface area (TPSA) is 38.7 Å². The second-order valence-electron chi connectivity index (χ2n) is 3.95. The zero-order valence-corrected chi connectivity index (χ0v) is 11.7. The minimum Gasteiger partial charge on any atom is -0.497 e. The Morgan fingerprint density at radius 2 is 1.89 bits per heavy atom. The summed E-state index contributed by atoms with van der Waals surface area (Å²) in [5, 5.41) is 3.03. The Kier molecular flexibility index (Phi) is 4.27. The lowest BCUT2D eigenvalue weighted by Crippen LogP contribution is -2.00. The van der Waals surface area contributed by atoms with Crippen molar-refractivity contribution in [2.45, 2.75) is 6.04 Å². The maximum atomic E-state index is 13.9. The fourth-order valence-corrected chi connectivity index (χ4v) is 2.14. The van der Waals surface area contributed by atoms with Crippen LogP contribution in [0.2, 0.25) is 0 Å². The van der Waals surface area contributed by atoms with Crippen molar-refractivity contribution >= 4 is 15.9 Å². The molecule has 0 aliphatic carbocycles. The highest BCUT2D eigenvalue weighted by Gasteiger charge is 2.18. The molecule has 0 spiro atoms. The molecule has 0 amide bonds. The Morgan fingerprint density at radius 1 is 1.21 bits per heavy atom. The number of methoxy groups -OCH3 is 1. The lowest BCUT2D eigenvalue weighted by Gasteiger charge is -2.11. The molecule has 0 bridgehead atoms. The number of hydrogen-bond acceptors (Lipinski definition) is 3. The second kappa shape index (κ2) is 5.93. The largest absolute Gasteiger partial charge is 0.497 e. The van der Waals surface area contributed by atoms with Gasteiger partial charge in [-0.15, -0.1) is 4.91 Å². The summed E-state index contributed by atoms with van der Waals surface area (Å²) < 4.78 is 19.5. The molecule has 0 heterocycles. The number of hydrogen-bond donors (Lipinski definition) is 0. The van der Waals surface area contributed by atoms with Gasteiger partial charge in [-0.2, -0.15) is 0 Å². The van der Waals surface area contributed by atoms with Crippen LogP contribution in [0.15, 0.2) is 52.1 Å². The number of halogens is 2. The van der Waals surface area contributed by atoms with Gasteiger partial charge >= 0.3 is 0 Å². The number of benzene rings is 2. The molecule has 0 saturated heterocycles. The molecule has 0 N–H and O–H groups in total. The van der Waals surface area contributed by atoms with Crippen LogP contribution in [-0.4, -0.2) is 7.11 Å². The van der Waals surface area contributed by atoms with Crippen molar-refractivity contribution in [3.8, 4) is 5.75 Å². The summed E-state index contributed by atoms with van der Waals surface area (Å²) in [6, 6.07) is 10.5. The highest BCUT2D eigenvalue weighted by molar-refractivity contribution is 9.10. The van der Waals surface area contributed by atoms with Gasteiger partial charge in [-0.05, 0) is 29.8 Å². The fraction of sp³-hybridized carbons (Fsp3) is 0.143. The molecule has 98 valence electrons. The van der Waals surface area contributed by atoms with Crippen LogP contribution >= 0.6 is 15.9 Å². The first-order valence-electron chi connectivity index (χ1n) is 5.57. The van der Waals surface area contributed by atoms with Crippen LogP contribution in [0.5, 0.6) is 5.75 Å². The van der Waals surface area contributed by atoms with E-state index in [9.17, 15) is 9.30 Å². The number of nitroso groups, excluding NO2 is 1. The minimum absolute atomic E-state index is 0.253. The molecule has 2 rings (SSSR count). The van der Waals surface area contributed by atoms with Crippen molar-refractivity contribution in [2.24, 2.45) is 5.18 Å². The summed E-state index contributed by atoms with van der Waals surface area (Å²) in [5.41, 5.74) is 0.875. The van der Waals surface area contributed by atoms with E-state index in [-0.39, 0.29) is 5.56 Å². The van der Waals surface area contributed by atoms with Crippen LogP contribution in [0.3, 0.4) is 0 Å². The van der Waals surface area contributed by atoms with Crippen molar-refractivity contribution in [1.29, 1.82) is 0 Å². The Hall–Kier alpha value is -1.75. The lowest BCUT2D eigenvalue weighted by molar-refractivity contribution is 0.414. The zero-order chi connectivity index (χ0) is 13.8. The molecule has 2 aromatic carbocycles. The van der Waals surface area contributed by atoms with E-state index in [0.29, 0.717) is 15.8 Å². The standard InChI is InChI=1S/C14H11BrFNO2/c1-19-11-5-2-9(3-6-11)14(17-18)12-7-4-10(15)8-13(12)16/h2-8,14H,1H3. The normalized spacial score (nSPS) is 11.9. The highest BCUT2D eigenvalue weighted by Crippen LogP contribution is 2.30. The summed E-state index contributed by atoms with van der Waals surface area (Å²) in [6.45, 7) is 0. The lowest BCUT2D eigenvalue weighted by atomic mass is 9.99. The zero-order valence-electron chi connectivity index (χ0n) is 10.1. The number of ether oxygens (including phenoxy) is 1. The summed E-state index contributed by atoms with van der Waals surface area (Å²) >= 11 is 3.18. The molecule has 2 aromatic rings. The quantitative estimate of drug-likeness (QED) is 0.779. The molecule has 0 aromatic heterocycles. The van der Waals surface area contributed by atoms with E-state index in [1.54, 1.807) is 43.5 Å². The molecule has 3 nitrogen and oxygen atoms in total. The molecule has 0 saturated carbocycles. The van der Waals surface area contributed by atoms with E-state index in [2.05, 4.69) is 21.1 Å². The van der Waals surface area contributed by atoms with Crippen LogP contribution in [0.4, 0.5) is 4.39 Å². The van der Waals surface area contributed by atoms with E-state index >= 15 is 0 Å². The maximum absolute atomic E-state index is 13.9. The maximum Gasteiger partial charge on any atom is 0.145 e. The minimum atomic E-state index is -0.862. The van der Waals surface area contributed by atoms with Crippen molar-refractivity contribution < 1.29 is 9.13 Å². The van der Waals surface area contributed by atoms with Gasteiger partial charge in [0.25, 0.3) is 0 Å². The van der Waals surface area contributed by atoms with Crippen LogP contribution in [0.25, 0.3) is 0 Å². The number of nitrogens with zero attached hydrogens (tertiary/aromatic N) is 1. The van der Waals surface area contributed by atoms with Crippen molar-refractivity contribution in [3.63, 3.8) is 0 Å². The predicted molar refractivity (Wildman–Crippen MR) is 74.7 cm³/mol. The van der Waals surface area contributed by atoms with Gasteiger partial charge in [-0.1, -0.05) is 39.3 Å². The van der Waals surface area contributed by atoms with Gasteiger partial charge in [0.05, 0.1) is 7.11 Å². The van der Waals surface area contributed by atoms with E-state index in [4.69, 9.17) is 4.74 Å². The average molecular weight is 324 g/mol. The third-order valence-electron chi connectivity index (χ3n) is 2.79. The van der Waals surface area contributed by atoms with Crippen molar-refractivity contribution in [2.75, 3.05) is 7.11 Å². The molecule has 0 aliphatic heterocycles. The molecule has 0 fully saturated rings. The third-order valence-corrected chi connectivity index (χ3v) is 3.29. The Bertz CT molecular complexity index is 586. The van der Waals surface area contributed by atoms with Crippen LogP contribution in [-0.2, 0) is 0 Å².